The zero-order valence-electron chi connectivity index (χ0n) is 16.6. The average Bonchev–Trinajstić information content (AvgIpc) is 2.95. The fourth-order valence-electron chi connectivity index (χ4n) is 4.08. The van der Waals surface area contributed by atoms with Gasteiger partial charge < -0.3 is 14.4 Å². The van der Waals surface area contributed by atoms with E-state index in [1.807, 2.05) is 37.1 Å². The van der Waals surface area contributed by atoms with Gasteiger partial charge in [0.15, 0.2) is 0 Å². The lowest BCUT2D eigenvalue weighted by Gasteiger charge is -2.37. The van der Waals surface area contributed by atoms with Crippen molar-refractivity contribution < 1.29 is 4.79 Å². The summed E-state index contributed by atoms with van der Waals surface area (Å²) in [6.45, 7) is 10.4. The number of amides is 1. The summed E-state index contributed by atoms with van der Waals surface area (Å²) < 4.78 is 2.15. The van der Waals surface area contributed by atoms with Gasteiger partial charge >= 0.3 is 0 Å². The minimum Gasteiger partial charge on any atom is -0.345 e. The van der Waals surface area contributed by atoms with Crippen molar-refractivity contribution in [1.82, 2.24) is 19.4 Å². The summed E-state index contributed by atoms with van der Waals surface area (Å²) in [5.41, 5.74) is 2.11. The molecule has 3 rings (SSSR count). The maximum Gasteiger partial charge on any atom is 0.224 e. The van der Waals surface area contributed by atoms with Crippen LogP contribution in [0.25, 0.3) is 11.0 Å². The Labute approximate surface area is 157 Å². The standard InChI is InChI=1S/C21H32N4O/c1-16(2)24-12-7-8-18(15-24)14-23(4)21(26)11-13-25-17(3)22-19-9-5-6-10-20(19)25/h5-6,9-10,16,18H,7-8,11-15H2,1-4H3/t18-/m0/s1. The van der Waals surface area contributed by atoms with E-state index in [0.717, 1.165) is 29.9 Å². The van der Waals surface area contributed by atoms with Gasteiger partial charge in [-0.1, -0.05) is 12.1 Å². The first kappa shape index (κ1) is 18.9. The lowest BCUT2D eigenvalue weighted by atomic mass is 9.96. The minimum atomic E-state index is 0.226. The predicted octanol–water partition coefficient (Wildman–Crippen LogP) is 3.31. The van der Waals surface area contributed by atoms with Crippen molar-refractivity contribution in [1.29, 1.82) is 0 Å². The van der Waals surface area contributed by atoms with Gasteiger partial charge in [-0.3, -0.25) is 4.79 Å². The third-order valence-corrected chi connectivity index (χ3v) is 5.63. The number of rotatable bonds is 6. The summed E-state index contributed by atoms with van der Waals surface area (Å²) in [7, 11) is 1.95. The second-order valence-corrected chi connectivity index (χ2v) is 7.92. The quantitative estimate of drug-likeness (QED) is 0.797. The molecular formula is C21H32N4O. The van der Waals surface area contributed by atoms with Crippen LogP contribution in [0.5, 0.6) is 0 Å². The van der Waals surface area contributed by atoms with Gasteiger partial charge in [0.05, 0.1) is 11.0 Å². The molecule has 26 heavy (non-hydrogen) atoms. The Morgan fingerprint density at radius 2 is 2.12 bits per heavy atom. The molecule has 1 aliphatic rings. The van der Waals surface area contributed by atoms with Gasteiger partial charge in [-0.05, 0) is 58.2 Å². The van der Waals surface area contributed by atoms with E-state index in [1.54, 1.807) is 0 Å². The van der Waals surface area contributed by atoms with Crippen LogP contribution in [0.4, 0.5) is 0 Å². The maximum absolute atomic E-state index is 12.7. The molecule has 0 saturated carbocycles. The number of aromatic nitrogens is 2. The van der Waals surface area contributed by atoms with Crippen molar-refractivity contribution in [3.05, 3.63) is 30.1 Å². The molecule has 0 aliphatic carbocycles. The number of aryl methyl sites for hydroxylation is 2. The molecule has 5 nitrogen and oxygen atoms in total. The highest BCUT2D eigenvalue weighted by Crippen LogP contribution is 2.20. The van der Waals surface area contributed by atoms with Gasteiger partial charge in [0.1, 0.15) is 5.82 Å². The third kappa shape index (κ3) is 4.26. The lowest BCUT2D eigenvalue weighted by molar-refractivity contribution is -0.131. The largest absolute Gasteiger partial charge is 0.345 e. The van der Waals surface area contributed by atoms with Crippen LogP contribution in [0, 0.1) is 12.8 Å². The number of nitrogens with zero attached hydrogens (tertiary/aromatic N) is 4. The number of fused-ring (bicyclic) bond motifs is 1. The number of carbonyl (C=O) groups excluding carboxylic acids is 1. The normalized spacial score (nSPS) is 18.6. The summed E-state index contributed by atoms with van der Waals surface area (Å²) in [6.07, 6.45) is 3.00. The SMILES string of the molecule is Cc1nc2ccccc2n1CCC(=O)N(C)C[C@@H]1CCCN(C(C)C)C1. The fourth-order valence-corrected chi connectivity index (χ4v) is 4.08. The predicted molar refractivity (Wildman–Crippen MR) is 106 cm³/mol. The molecule has 1 aromatic heterocycles. The molecule has 2 heterocycles. The van der Waals surface area contributed by atoms with Crippen LogP contribution in [0.3, 0.4) is 0 Å². The van der Waals surface area contributed by atoms with Gasteiger partial charge in [0.2, 0.25) is 5.91 Å². The van der Waals surface area contributed by atoms with E-state index in [9.17, 15) is 4.79 Å². The maximum atomic E-state index is 12.7. The second kappa shape index (κ2) is 8.21. The molecule has 1 fully saturated rings. The van der Waals surface area contributed by atoms with E-state index >= 15 is 0 Å². The lowest BCUT2D eigenvalue weighted by Crippen LogP contribution is -2.44. The van der Waals surface area contributed by atoms with Gasteiger partial charge in [0, 0.05) is 39.1 Å². The molecule has 142 valence electrons. The van der Waals surface area contributed by atoms with E-state index in [4.69, 9.17) is 0 Å². The number of carbonyl (C=O) groups is 1. The number of para-hydroxylation sites is 2. The third-order valence-electron chi connectivity index (χ3n) is 5.63. The molecule has 1 aliphatic heterocycles. The zero-order chi connectivity index (χ0) is 18.7. The summed E-state index contributed by atoms with van der Waals surface area (Å²) in [4.78, 5) is 21.7. The number of hydrogen-bond acceptors (Lipinski definition) is 3. The molecule has 0 spiro atoms. The molecule has 1 atom stereocenters. The Kier molecular flexibility index (Phi) is 5.97. The smallest absolute Gasteiger partial charge is 0.224 e. The summed E-state index contributed by atoms with van der Waals surface area (Å²) in [5.74, 6) is 1.79. The highest BCUT2D eigenvalue weighted by molar-refractivity contribution is 5.78. The number of piperidine rings is 1. The van der Waals surface area contributed by atoms with E-state index < -0.39 is 0 Å². The van der Waals surface area contributed by atoms with E-state index in [-0.39, 0.29) is 5.91 Å². The fraction of sp³-hybridized carbons (Fsp3) is 0.619. The Morgan fingerprint density at radius 3 is 2.88 bits per heavy atom. The topological polar surface area (TPSA) is 41.4 Å². The summed E-state index contributed by atoms with van der Waals surface area (Å²) >= 11 is 0. The summed E-state index contributed by atoms with van der Waals surface area (Å²) in [5, 5.41) is 0. The second-order valence-electron chi connectivity index (χ2n) is 7.92. The zero-order valence-corrected chi connectivity index (χ0v) is 16.6. The van der Waals surface area contributed by atoms with Crippen molar-refractivity contribution in [3.63, 3.8) is 0 Å². The van der Waals surface area contributed by atoms with Crippen LogP contribution >= 0.6 is 0 Å². The average molecular weight is 357 g/mol. The van der Waals surface area contributed by atoms with Crippen molar-refractivity contribution in [2.75, 3.05) is 26.7 Å². The molecule has 1 aromatic carbocycles. The van der Waals surface area contributed by atoms with Crippen LogP contribution in [-0.4, -0.2) is 58.0 Å². The van der Waals surface area contributed by atoms with Crippen molar-refractivity contribution >= 4 is 16.9 Å². The Hall–Kier alpha value is -1.88. The first-order valence-electron chi connectivity index (χ1n) is 9.85. The van der Waals surface area contributed by atoms with E-state index in [1.165, 1.54) is 19.4 Å². The first-order chi connectivity index (χ1) is 12.5. The molecule has 1 amide bonds. The number of likely N-dealkylation sites (tertiary alicyclic amines) is 1. The van der Waals surface area contributed by atoms with Crippen LogP contribution in [-0.2, 0) is 11.3 Å². The van der Waals surface area contributed by atoms with Crippen molar-refractivity contribution in [3.8, 4) is 0 Å². The van der Waals surface area contributed by atoms with E-state index in [0.29, 0.717) is 24.9 Å². The van der Waals surface area contributed by atoms with Gasteiger partial charge in [-0.2, -0.15) is 0 Å². The van der Waals surface area contributed by atoms with Gasteiger partial charge in [-0.25, -0.2) is 4.98 Å². The van der Waals surface area contributed by atoms with Crippen LogP contribution in [0.15, 0.2) is 24.3 Å². The molecule has 2 aromatic rings. The molecule has 0 radical (unpaired) electrons. The number of benzene rings is 1. The molecule has 0 bridgehead atoms. The highest BCUT2D eigenvalue weighted by atomic mass is 16.2. The van der Waals surface area contributed by atoms with Crippen LogP contribution < -0.4 is 0 Å². The van der Waals surface area contributed by atoms with Crippen LogP contribution in [0.1, 0.15) is 38.9 Å². The molecule has 0 N–H and O–H groups in total. The molecular weight excluding hydrogens is 324 g/mol. The Balaban J connectivity index is 1.55. The summed E-state index contributed by atoms with van der Waals surface area (Å²) in [6, 6.07) is 8.72. The first-order valence-corrected chi connectivity index (χ1v) is 9.85. The number of hydrogen-bond donors (Lipinski definition) is 0. The van der Waals surface area contributed by atoms with Crippen molar-refractivity contribution in [2.24, 2.45) is 5.92 Å². The molecule has 1 saturated heterocycles. The number of imidazole rings is 1. The highest BCUT2D eigenvalue weighted by Gasteiger charge is 2.24. The van der Waals surface area contributed by atoms with E-state index in [2.05, 4.69) is 34.4 Å². The van der Waals surface area contributed by atoms with Crippen molar-refractivity contribution in [2.45, 2.75) is 52.6 Å². The Bertz CT molecular complexity index is 752. The van der Waals surface area contributed by atoms with Crippen LogP contribution in [0.2, 0.25) is 0 Å². The monoisotopic (exact) mass is 356 g/mol. The molecule has 0 unspecified atom stereocenters. The Morgan fingerprint density at radius 1 is 1.35 bits per heavy atom. The van der Waals surface area contributed by atoms with Gasteiger partial charge in [-0.15, -0.1) is 0 Å². The minimum absolute atomic E-state index is 0.226. The molecule has 5 heteroatoms. The van der Waals surface area contributed by atoms with Gasteiger partial charge in [0.25, 0.3) is 0 Å².